The molecule has 0 atom stereocenters. The van der Waals surface area contributed by atoms with E-state index in [1.807, 2.05) is 0 Å². The van der Waals surface area contributed by atoms with Gasteiger partial charge in [0.25, 0.3) is 0 Å². The van der Waals surface area contributed by atoms with Crippen molar-refractivity contribution in [1.29, 1.82) is 0 Å². The minimum Gasteiger partial charge on any atom is -0.466 e. The van der Waals surface area contributed by atoms with E-state index in [4.69, 9.17) is 4.74 Å². The van der Waals surface area contributed by atoms with Gasteiger partial charge in [-0.05, 0) is 48.3 Å². The molecule has 6 aliphatic rings. The van der Waals surface area contributed by atoms with Gasteiger partial charge < -0.3 is 9.47 Å². The lowest BCUT2D eigenvalue weighted by Gasteiger charge is -3.06. The second kappa shape index (κ2) is 2.72. The summed E-state index contributed by atoms with van der Waals surface area (Å²) in [5, 5.41) is 0. The minimum atomic E-state index is -0.767. The molecule has 100 valence electrons. The van der Waals surface area contributed by atoms with Gasteiger partial charge >= 0.3 is 17.9 Å². The van der Waals surface area contributed by atoms with Crippen molar-refractivity contribution >= 4 is 17.9 Å². The van der Waals surface area contributed by atoms with Crippen LogP contribution in [0.3, 0.4) is 0 Å². The first-order valence-electron chi connectivity index (χ1n) is 7.04. The van der Waals surface area contributed by atoms with E-state index in [-0.39, 0.29) is 18.0 Å². The van der Waals surface area contributed by atoms with E-state index in [0.29, 0.717) is 17.8 Å². The summed E-state index contributed by atoms with van der Waals surface area (Å²) in [4.78, 5) is 34.9. The molecule has 0 amide bonds. The summed E-state index contributed by atoms with van der Waals surface area (Å²) in [7, 11) is 0. The molecule has 0 bridgehead atoms. The van der Waals surface area contributed by atoms with Gasteiger partial charge in [-0.15, -0.1) is 0 Å². The third-order valence-electron chi connectivity index (χ3n) is 6.63. The Morgan fingerprint density at radius 1 is 0.947 bits per heavy atom. The summed E-state index contributed by atoms with van der Waals surface area (Å²) in [6, 6.07) is 0. The number of carbonyl (C=O) groups excluding carboxylic acids is 3. The van der Waals surface area contributed by atoms with Crippen LogP contribution in [0.15, 0.2) is 0 Å². The van der Waals surface area contributed by atoms with Crippen molar-refractivity contribution in [2.24, 2.45) is 46.8 Å². The number of rotatable bonds is 4. The van der Waals surface area contributed by atoms with E-state index < -0.39 is 18.4 Å². The summed E-state index contributed by atoms with van der Waals surface area (Å²) in [6.45, 7) is 1.89. The molecule has 19 heavy (non-hydrogen) atoms. The second-order valence-electron chi connectivity index (χ2n) is 6.56. The Morgan fingerprint density at radius 2 is 1.53 bits per heavy atom. The van der Waals surface area contributed by atoms with Crippen LogP contribution in [0, 0.1) is 46.8 Å². The fraction of sp³-hybridized carbons (Fsp3) is 0.786. The van der Waals surface area contributed by atoms with Crippen molar-refractivity contribution < 1.29 is 23.9 Å². The zero-order valence-corrected chi connectivity index (χ0v) is 10.5. The van der Waals surface area contributed by atoms with Crippen LogP contribution in [-0.4, -0.2) is 24.5 Å². The molecule has 0 aromatic carbocycles. The van der Waals surface area contributed by atoms with E-state index >= 15 is 0 Å². The predicted molar refractivity (Wildman–Crippen MR) is 59.2 cm³/mol. The Labute approximate surface area is 109 Å². The Hall–Kier alpha value is -1.39. The molecule has 0 saturated heterocycles. The highest BCUT2D eigenvalue weighted by atomic mass is 16.6. The molecule has 6 rings (SSSR count). The first-order chi connectivity index (χ1) is 9.14. The summed E-state index contributed by atoms with van der Waals surface area (Å²) >= 11 is 0. The Kier molecular flexibility index (Phi) is 1.49. The van der Waals surface area contributed by atoms with Gasteiger partial charge in [-0.3, -0.25) is 14.4 Å². The fourth-order valence-corrected chi connectivity index (χ4v) is 6.40. The molecule has 6 fully saturated rings. The number of hydrogen-bond acceptors (Lipinski definition) is 5. The molecular formula is C14H14O5. The average Bonchev–Trinajstić information content (AvgIpc) is 2.38. The standard InChI is InChI=1S/C14H14O5/c1-2-18-4(15)3-5(16)19-13(17)14-10-7-6-8(10)12(14)9(6)11(7)14/h6-12H,2-3H2,1H3. The summed E-state index contributed by atoms with van der Waals surface area (Å²) in [5.74, 6) is 3.02. The van der Waals surface area contributed by atoms with Gasteiger partial charge in [0.05, 0.1) is 12.0 Å². The number of esters is 3. The van der Waals surface area contributed by atoms with E-state index in [2.05, 4.69) is 4.74 Å². The smallest absolute Gasteiger partial charge is 0.324 e. The summed E-state index contributed by atoms with van der Waals surface area (Å²) in [6.07, 6.45) is -0.464. The van der Waals surface area contributed by atoms with Crippen LogP contribution >= 0.6 is 0 Å². The van der Waals surface area contributed by atoms with Crippen LogP contribution in [-0.2, 0) is 23.9 Å². The lowest BCUT2D eigenvalue weighted by atomic mass is 8.96. The highest BCUT2D eigenvalue weighted by Gasteiger charge is 3.06. The van der Waals surface area contributed by atoms with Gasteiger partial charge in [-0.2, -0.15) is 0 Å². The largest absolute Gasteiger partial charge is 0.466 e. The normalized spacial score (nSPS) is 55.3. The number of carbonyl (C=O) groups is 3. The molecule has 6 aliphatic carbocycles. The Morgan fingerprint density at radius 3 is 2.05 bits per heavy atom. The molecule has 5 heteroatoms. The molecule has 0 aromatic heterocycles. The maximum absolute atomic E-state index is 12.2. The quantitative estimate of drug-likeness (QED) is 0.541. The molecule has 0 N–H and O–H groups in total. The van der Waals surface area contributed by atoms with Crippen molar-refractivity contribution in [3.05, 3.63) is 0 Å². The van der Waals surface area contributed by atoms with Crippen LogP contribution < -0.4 is 0 Å². The van der Waals surface area contributed by atoms with Gasteiger partial charge in [0.2, 0.25) is 0 Å². The van der Waals surface area contributed by atoms with Crippen molar-refractivity contribution in [3.63, 3.8) is 0 Å². The highest BCUT2D eigenvalue weighted by molar-refractivity contribution is 5.99. The van der Waals surface area contributed by atoms with Crippen LogP contribution in [0.2, 0.25) is 0 Å². The lowest BCUT2D eigenvalue weighted by Crippen LogP contribution is -3.06. The van der Waals surface area contributed by atoms with Crippen LogP contribution in [0.1, 0.15) is 13.3 Å². The van der Waals surface area contributed by atoms with Gasteiger partial charge in [0.1, 0.15) is 6.42 Å². The molecule has 0 aliphatic heterocycles. The maximum Gasteiger partial charge on any atom is 0.324 e. The molecule has 0 aromatic rings. The van der Waals surface area contributed by atoms with E-state index in [1.54, 1.807) is 6.92 Å². The van der Waals surface area contributed by atoms with Crippen molar-refractivity contribution in [3.8, 4) is 0 Å². The Bertz CT molecular complexity index is 499. The topological polar surface area (TPSA) is 69.7 Å². The molecule has 0 spiro atoms. The first-order valence-corrected chi connectivity index (χ1v) is 7.04. The van der Waals surface area contributed by atoms with Gasteiger partial charge in [-0.1, -0.05) is 0 Å². The first kappa shape index (κ1) is 10.4. The van der Waals surface area contributed by atoms with Gasteiger partial charge in [0.15, 0.2) is 0 Å². The molecular weight excluding hydrogens is 248 g/mol. The molecule has 6 saturated carbocycles. The molecule has 0 heterocycles. The molecule has 5 nitrogen and oxygen atoms in total. The van der Waals surface area contributed by atoms with E-state index in [9.17, 15) is 14.4 Å². The zero-order chi connectivity index (χ0) is 13.1. The fourth-order valence-electron chi connectivity index (χ4n) is 6.40. The van der Waals surface area contributed by atoms with Crippen LogP contribution in [0.5, 0.6) is 0 Å². The second-order valence-corrected chi connectivity index (χ2v) is 6.56. The molecule has 0 radical (unpaired) electrons. The van der Waals surface area contributed by atoms with Crippen molar-refractivity contribution in [1.82, 2.24) is 0 Å². The third-order valence-corrected chi connectivity index (χ3v) is 6.63. The average molecular weight is 262 g/mol. The van der Waals surface area contributed by atoms with Gasteiger partial charge in [0, 0.05) is 0 Å². The monoisotopic (exact) mass is 262 g/mol. The third kappa shape index (κ3) is 0.732. The van der Waals surface area contributed by atoms with Crippen LogP contribution in [0.4, 0.5) is 0 Å². The van der Waals surface area contributed by atoms with E-state index in [0.717, 1.165) is 23.7 Å². The maximum atomic E-state index is 12.2. The Balaban J connectivity index is 1.23. The highest BCUT2D eigenvalue weighted by Crippen LogP contribution is 3.06. The van der Waals surface area contributed by atoms with Crippen LogP contribution in [0.25, 0.3) is 0 Å². The predicted octanol–water partition coefficient (Wildman–Crippen LogP) is 0.377. The number of ether oxygens (including phenoxy) is 2. The number of hydrogen-bond donors (Lipinski definition) is 0. The van der Waals surface area contributed by atoms with E-state index in [1.165, 1.54) is 0 Å². The molecule has 0 unspecified atom stereocenters. The van der Waals surface area contributed by atoms with Crippen molar-refractivity contribution in [2.75, 3.05) is 6.61 Å². The SMILES string of the molecule is CCOC(=O)CC(=O)OC(=O)C12C3C4C5C3C1C5C42. The van der Waals surface area contributed by atoms with Crippen molar-refractivity contribution in [2.45, 2.75) is 13.3 Å². The lowest BCUT2D eigenvalue weighted by molar-refractivity contribution is -0.598. The zero-order valence-electron chi connectivity index (χ0n) is 10.5. The van der Waals surface area contributed by atoms with Gasteiger partial charge in [-0.25, -0.2) is 0 Å². The summed E-state index contributed by atoms with van der Waals surface area (Å²) < 4.78 is 9.56. The summed E-state index contributed by atoms with van der Waals surface area (Å²) in [5.41, 5.74) is -0.293. The minimum absolute atomic E-state index is 0.225.